The summed E-state index contributed by atoms with van der Waals surface area (Å²) < 4.78 is 25.2. The summed E-state index contributed by atoms with van der Waals surface area (Å²) in [7, 11) is 0. The molecule has 2 aliphatic heterocycles. The van der Waals surface area contributed by atoms with E-state index < -0.39 is 0 Å². The van der Waals surface area contributed by atoms with E-state index >= 15 is 0 Å². The van der Waals surface area contributed by atoms with Gasteiger partial charge >= 0.3 is 0 Å². The van der Waals surface area contributed by atoms with E-state index in [4.69, 9.17) is 30.8 Å². The Morgan fingerprint density at radius 2 is 2.03 bits per heavy atom. The molecule has 0 spiro atoms. The second kappa shape index (κ2) is 9.18. The maximum absolute atomic E-state index is 6.04. The third kappa shape index (κ3) is 4.51. The number of anilines is 1. The number of tetrazole rings is 1. The van der Waals surface area contributed by atoms with Gasteiger partial charge in [-0.25, -0.2) is 4.68 Å². The molecular weight excluding hydrogens is 450 g/mol. The molecule has 0 bridgehead atoms. The van der Waals surface area contributed by atoms with Crippen molar-refractivity contribution in [2.45, 2.75) is 49.1 Å². The topological polar surface area (TPSA) is 96.5 Å². The van der Waals surface area contributed by atoms with Crippen molar-refractivity contribution < 1.29 is 18.6 Å². The molecule has 1 N–H and O–H groups in total. The van der Waals surface area contributed by atoms with Crippen LogP contribution in [0.2, 0.25) is 0 Å². The van der Waals surface area contributed by atoms with Crippen LogP contribution in [0.1, 0.15) is 22.9 Å². The average Bonchev–Trinajstić information content (AvgIpc) is 3.52. The van der Waals surface area contributed by atoms with Crippen LogP contribution in [0.25, 0.3) is 0 Å². The Morgan fingerprint density at radius 3 is 2.81 bits per heavy atom. The van der Waals surface area contributed by atoms with Gasteiger partial charge in [-0.15, -0.1) is 5.10 Å². The Bertz CT molecular complexity index is 1070. The predicted molar refractivity (Wildman–Crippen MR) is 122 cm³/mol. The lowest BCUT2D eigenvalue weighted by Crippen LogP contribution is -2.35. The molecule has 168 valence electrons. The van der Waals surface area contributed by atoms with E-state index in [1.54, 1.807) is 10.9 Å². The van der Waals surface area contributed by atoms with Gasteiger partial charge < -0.3 is 23.9 Å². The number of aromatic nitrogens is 4. The summed E-state index contributed by atoms with van der Waals surface area (Å²) in [6, 6.07) is 9.81. The van der Waals surface area contributed by atoms with Crippen LogP contribution >= 0.6 is 24.0 Å². The second-order valence-corrected chi connectivity index (χ2v) is 9.20. The highest BCUT2D eigenvalue weighted by atomic mass is 32.2. The van der Waals surface area contributed by atoms with Gasteiger partial charge in [0.2, 0.25) is 5.16 Å². The van der Waals surface area contributed by atoms with E-state index in [9.17, 15) is 0 Å². The minimum atomic E-state index is -0.299. The molecule has 2 aliphatic rings. The van der Waals surface area contributed by atoms with E-state index in [-0.39, 0.29) is 24.4 Å². The smallest absolute Gasteiger partial charge is 0.261 e. The van der Waals surface area contributed by atoms with E-state index in [1.807, 2.05) is 38.1 Å². The number of nitrogens with one attached hydrogen (secondary N) is 1. The predicted octanol–water partition coefficient (Wildman–Crippen LogP) is 3.30. The largest absolute Gasteiger partial charge is 0.468 e. The van der Waals surface area contributed by atoms with Crippen LogP contribution in [0.5, 0.6) is 0 Å². The number of furan rings is 1. The van der Waals surface area contributed by atoms with Gasteiger partial charge in [-0.3, -0.25) is 0 Å². The van der Waals surface area contributed by atoms with Crippen molar-refractivity contribution in [3.8, 4) is 0 Å². The van der Waals surface area contributed by atoms with E-state index in [1.165, 1.54) is 11.8 Å². The molecule has 2 fully saturated rings. The quantitative estimate of drug-likeness (QED) is 0.424. The summed E-state index contributed by atoms with van der Waals surface area (Å²) in [4.78, 5) is 0. The molecule has 0 aliphatic carbocycles. The third-order valence-corrected chi connectivity index (χ3v) is 6.56. The summed E-state index contributed by atoms with van der Waals surface area (Å²) in [5.41, 5.74) is 3.22. The zero-order valence-corrected chi connectivity index (χ0v) is 19.3. The molecule has 32 heavy (non-hydrogen) atoms. The molecule has 0 radical (unpaired) electrons. The molecule has 9 nitrogen and oxygen atoms in total. The van der Waals surface area contributed by atoms with Gasteiger partial charge in [0.15, 0.2) is 6.10 Å². The molecule has 3 aromatic rings. The first-order valence-electron chi connectivity index (χ1n) is 10.3. The lowest BCUT2D eigenvalue weighted by molar-refractivity contribution is 0.0253. The monoisotopic (exact) mass is 473 g/mol. The summed E-state index contributed by atoms with van der Waals surface area (Å²) in [5.74, 6) is 1.50. The maximum Gasteiger partial charge on any atom is 0.261 e. The molecule has 0 unspecified atom stereocenters. The zero-order valence-electron chi connectivity index (χ0n) is 17.6. The highest BCUT2D eigenvalue weighted by Crippen LogP contribution is 2.37. The van der Waals surface area contributed by atoms with Gasteiger partial charge in [-0.05, 0) is 71.9 Å². The van der Waals surface area contributed by atoms with Crippen molar-refractivity contribution in [1.29, 1.82) is 0 Å². The molecule has 1 aromatic carbocycles. The number of rotatable bonds is 6. The SMILES string of the molecule is Cc1cc(C)cc(NC(=S)O[C@@H]2CO[C@H]3[C@@H]2OC[C@@H]3n2nnnc2SCc2ccco2)c1. The van der Waals surface area contributed by atoms with Gasteiger partial charge in [0.05, 0.1) is 25.2 Å². The van der Waals surface area contributed by atoms with Crippen molar-refractivity contribution in [2.24, 2.45) is 0 Å². The Balaban J connectivity index is 1.20. The number of benzene rings is 1. The summed E-state index contributed by atoms with van der Waals surface area (Å²) in [6.07, 6.45) is 0.897. The molecule has 0 amide bonds. The molecule has 4 heterocycles. The van der Waals surface area contributed by atoms with Crippen molar-refractivity contribution in [2.75, 3.05) is 18.5 Å². The summed E-state index contributed by atoms with van der Waals surface area (Å²) >= 11 is 6.94. The molecular formula is C21H23N5O4S2. The van der Waals surface area contributed by atoms with Crippen molar-refractivity contribution in [1.82, 2.24) is 20.2 Å². The van der Waals surface area contributed by atoms with Gasteiger partial charge in [0.25, 0.3) is 5.17 Å². The van der Waals surface area contributed by atoms with Crippen molar-refractivity contribution in [3.63, 3.8) is 0 Å². The number of nitrogens with zero attached hydrogens (tertiary/aromatic N) is 4. The molecule has 5 rings (SSSR count). The normalized spacial score (nSPS) is 24.4. The van der Waals surface area contributed by atoms with E-state index in [0.29, 0.717) is 29.3 Å². The fraction of sp³-hybridized carbons (Fsp3) is 0.429. The lowest BCUT2D eigenvalue weighted by Gasteiger charge is -2.19. The number of aryl methyl sites for hydroxylation is 2. The number of fused-ring (bicyclic) bond motifs is 1. The first-order chi connectivity index (χ1) is 15.6. The fourth-order valence-corrected chi connectivity index (χ4v) is 5.18. The Kier molecular flexibility index (Phi) is 6.13. The number of hydrogen-bond acceptors (Lipinski definition) is 9. The van der Waals surface area contributed by atoms with Crippen molar-refractivity contribution in [3.05, 3.63) is 53.5 Å². The number of hydrogen-bond donors (Lipinski definition) is 1. The van der Waals surface area contributed by atoms with E-state index in [0.717, 1.165) is 22.6 Å². The first kappa shape index (κ1) is 21.4. The highest BCUT2D eigenvalue weighted by molar-refractivity contribution is 7.98. The number of ether oxygens (including phenoxy) is 3. The standard InChI is InChI=1S/C21H23N5O4S2/c1-12-6-13(2)8-14(7-12)22-21(31)30-17-10-29-18-16(9-28-19(17)18)26-20(23-24-25-26)32-11-15-4-3-5-27-15/h3-8,16-19H,9-11H2,1-2H3,(H,22,31)/t16-,17+,18+,19+/m0/s1. The Morgan fingerprint density at radius 1 is 1.22 bits per heavy atom. The Hall–Kier alpha value is -2.47. The maximum atomic E-state index is 6.04. The van der Waals surface area contributed by atoms with Crippen LogP contribution in [0.3, 0.4) is 0 Å². The Labute approximate surface area is 194 Å². The molecule has 2 aromatic heterocycles. The van der Waals surface area contributed by atoms with Gasteiger partial charge in [0.1, 0.15) is 24.0 Å². The first-order valence-corrected chi connectivity index (χ1v) is 11.7. The fourth-order valence-electron chi connectivity index (χ4n) is 4.11. The number of thioether (sulfide) groups is 1. The van der Waals surface area contributed by atoms with Crippen LogP contribution in [-0.4, -0.2) is 56.9 Å². The zero-order chi connectivity index (χ0) is 22.1. The third-order valence-electron chi connectivity index (χ3n) is 5.41. The van der Waals surface area contributed by atoms with Crippen LogP contribution in [0, 0.1) is 13.8 Å². The summed E-state index contributed by atoms with van der Waals surface area (Å²) in [6.45, 7) is 4.91. The van der Waals surface area contributed by atoms with Gasteiger partial charge in [-0.1, -0.05) is 17.8 Å². The lowest BCUT2D eigenvalue weighted by atomic mass is 10.1. The molecule has 4 atom stereocenters. The van der Waals surface area contributed by atoms with Crippen LogP contribution in [0.15, 0.2) is 46.2 Å². The van der Waals surface area contributed by atoms with Crippen LogP contribution in [0.4, 0.5) is 5.69 Å². The highest BCUT2D eigenvalue weighted by Gasteiger charge is 2.51. The minimum Gasteiger partial charge on any atom is -0.468 e. The van der Waals surface area contributed by atoms with Crippen LogP contribution < -0.4 is 5.32 Å². The van der Waals surface area contributed by atoms with E-state index in [2.05, 4.69) is 26.9 Å². The minimum absolute atomic E-state index is 0.136. The average molecular weight is 474 g/mol. The molecule has 0 saturated carbocycles. The van der Waals surface area contributed by atoms with Crippen molar-refractivity contribution >= 4 is 34.8 Å². The van der Waals surface area contributed by atoms with Crippen LogP contribution in [-0.2, 0) is 20.0 Å². The van der Waals surface area contributed by atoms with Gasteiger partial charge in [0, 0.05) is 5.69 Å². The second-order valence-electron chi connectivity index (χ2n) is 7.88. The molecule has 11 heteroatoms. The summed E-state index contributed by atoms with van der Waals surface area (Å²) in [5, 5.41) is 16.3. The number of thiocarbonyl (C=S) groups is 1. The van der Waals surface area contributed by atoms with Gasteiger partial charge in [-0.2, -0.15) is 0 Å². The molecule has 2 saturated heterocycles.